The average Bonchev–Trinajstić information content (AvgIpc) is 3.18. The predicted molar refractivity (Wildman–Crippen MR) is 116 cm³/mol. The standard InChI is InChI=1S/C21H38N2O5S/c1-4-6-7-8-9-10-14-29-15-17(21(27)28-5-2)22-16(3)19(24)23-13-11-12-18(23)20(25)26/h16-18,22H,4-15H2,1-3H3,(H,25,26)/t16-,17-,18-/m0/s1. The lowest BCUT2D eigenvalue weighted by atomic mass is 10.1. The van der Waals surface area contributed by atoms with Crippen LogP contribution in [-0.2, 0) is 19.1 Å². The Morgan fingerprint density at radius 2 is 1.86 bits per heavy atom. The number of hydrogen-bond donors (Lipinski definition) is 2. The van der Waals surface area contributed by atoms with Crippen molar-refractivity contribution in [3.8, 4) is 0 Å². The summed E-state index contributed by atoms with van der Waals surface area (Å²) < 4.78 is 5.16. The van der Waals surface area contributed by atoms with E-state index in [9.17, 15) is 19.5 Å². The molecule has 0 aliphatic carbocycles. The molecule has 8 heteroatoms. The van der Waals surface area contributed by atoms with E-state index in [2.05, 4.69) is 12.2 Å². The molecule has 0 aromatic heterocycles. The van der Waals surface area contributed by atoms with Crippen LogP contribution in [0.15, 0.2) is 0 Å². The van der Waals surface area contributed by atoms with E-state index in [1.807, 2.05) is 0 Å². The number of rotatable bonds is 15. The Morgan fingerprint density at radius 3 is 2.52 bits per heavy atom. The summed E-state index contributed by atoms with van der Waals surface area (Å²) in [7, 11) is 0. The van der Waals surface area contributed by atoms with Gasteiger partial charge in [0.25, 0.3) is 0 Å². The second-order valence-corrected chi connectivity index (χ2v) is 8.71. The zero-order valence-corrected chi connectivity index (χ0v) is 19.0. The number of unbranched alkanes of at least 4 members (excludes halogenated alkanes) is 5. The summed E-state index contributed by atoms with van der Waals surface area (Å²) in [5, 5.41) is 12.4. The van der Waals surface area contributed by atoms with E-state index in [0.29, 0.717) is 25.1 Å². The number of carboxylic acids is 1. The van der Waals surface area contributed by atoms with Crippen LogP contribution in [0.5, 0.6) is 0 Å². The minimum atomic E-state index is -0.973. The van der Waals surface area contributed by atoms with Crippen LogP contribution in [0.25, 0.3) is 0 Å². The molecule has 3 atom stereocenters. The van der Waals surface area contributed by atoms with Gasteiger partial charge in [-0.25, -0.2) is 4.79 Å². The lowest BCUT2D eigenvalue weighted by molar-refractivity contribution is -0.150. The van der Waals surface area contributed by atoms with Crippen LogP contribution in [0.1, 0.15) is 72.1 Å². The maximum Gasteiger partial charge on any atom is 0.326 e. The summed E-state index contributed by atoms with van der Waals surface area (Å²) in [6, 6.07) is -1.99. The van der Waals surface area contributed by atoms with Crippen molar-refractivity contribution in [2.45, 2.75) is 90.3 Å². The van der Waals surface area contributed by atoms with Crippen LogP contribution < -0.4 is 5.32 Å². The molecule has 0 saturated carbocycles. The number of hydrogen-bond acceptors (Lipinski definition) is 6. The van der Waals surface area contributed by atoms with Crippen molar-refractivity contribution in [3.05, 3.63) is 0 Å². The highest BCUT2D eigenvalue weighted by Crippen LogP contribution is 2.19. The fourth-order valence-electron chi connectivity index (χ4n) is 3.52. The van der Waals surface area contributed by atoms with E-state index in [0.717, 1.165) is 12.2 Å². The maximum absolute atomic E-state index is 12.7. The third kappa shape index (κ3) is 9.38. The molecular weight excluding hydrogens is 392 g/mol. The van der Waals surface area contributed by atoms with E-state index in [-0.39, 0.29) is 18.5 Å². The highest BCUT2D eigenvalue weighted by atomic mass is 32.2. The second kappa shape index (κ2) is 14.7. The first kappa shape index (κ1) is 25.8. The number of carbonyl (C=O) groups is 3. The molecule has 2 N–H and O–H groups in total. The van der Waals surface area contributed by atoms with Gasteiger partial charge in [0.15, 0.2) is 0 Å². The molecule has 1 saturated heterocycles. The summed E-state index contributed by atoms with van der Waals surface area (Å²) in [5.74, 6) is -0.101. The van der Waals surface area contributed by atoms with Gasteiger partial charge in [-0.2, -0.15) is 11.8 Å². The molecule has 168 valence electrons. The van der Waals surface area contributed by atoms with E-state index in [1.165, 1.54) is 37.0 Å². The third-order valence-corrected chi connectivity index (χ3v) is 6.29. The number of nitrogens with one attached hydrogen (secondary N) is 1. The summed E-state index contributed by atoms with van der Waals surface area (Å²) >= 11 is 1.69. The molecular formula is C21H38N2O5S. The van der Waals surface area contributed by atoms with Crippen LogP contribution in [0, 0.1) is 0 Å². The van der Waals surface area contributed by atoms with E-state index in [1.54, 1.807) is 25.6 Å². The zero-order valence-electron chi connectivity index (χ0n) is 18.2. The number of nitrogens with zero attached hydrogens (tertiary/aromatic N) is 1. The van der Waals surface area contributed by atoms with Crippen LogP contribution >= 0.6 is 11.8 Å². The molecule has 7 nitrogen and oxygen atoms in total. The Balaban J connectivity index is 2.49. The number of carboxylic acid groups (broad SMARTS) is 1. The quantitative estimate of drug-likeness (QED) is 0.304. The van der Waals surface area contributed by atoms with Gasteiger partial charge in [-0.3, -0.25) is 14.9 Å². The first-order valence-electron chi connectivity index (χ1n) is 11.0. The minimum Gasteiger partial charge on any atom is -0.480 e. The van der Waals surface area contributed by atoms with Crippen molar-refractivity contribution < 1.29 is 24.2 Å². The molecule has 0 spiro atoms. The second-order valence-electron chi connectivity index (χ2n) is 7.56. The summed E-state index contributed by atoms with van der Waals surface area (Å²) in [5.41, 5.74) is 0. The molecule has 0 radical (unpaired) electrons. The summed E-state index contributed by atoms with van der Waals surface area (Å²) in [6.45, 7) is 6.38. The van der Waals surface area contributed by atoms with Gasteiger partial charge >= 0.3 is 11.9 Å². The Kier molecular flexibility index (Phi) is 13.0. The molecule has 1 heterocycles. The number of amides is 1. The van der Waals surface area contributed by atoms with Gasteiger partial charge in [0, 0.05) is 12.3 Å². The minimum absolute atomic E-state index is 0.273. The Labute approximate surface area is 179 Å². The molecule has 1 aliphatic heterocycles. The smallest absolute Gasteiger partial charge is 0.326 e. The molecule has 0 aromatic carbocycles. The van der Waals surface area contributed by atoms with Gasteiger partial charge in [-0.05, 0) is 38.9 Å². The first-order chi connectivity index (χ1) is 13.9. The molecule has 29 heavy (non-hydrogen) atoms. The number of esters is 1. The highest BCUT2D eigenvalue weighted by Gasteiger charge is 2.36. The SMILES string of the molecule is CCCCCCCCSC[C@H](N[C@@H](C)C(=O)N1CCC[C@H]1C(=O)O)C(=O)OCC. The molecule has 1 amide bonds. The van der Waals surface area contributed by atoms with Crippen LogP contribution in [0.4, 0.5) is 0 Å². The van der Waals surface area contributed by atoms with Gasteiger partial charge in [0.2, 0.25) is 5.91 Å². The van der Waals surface area contributed by atoms with Gasteiger partial charge < -0.3 is 14.7 Å². The Morgan fingerprint density at radius 1 is 1.17 bits per heavy atom. The van der Waals surface area contributed by atoms with E-state index in [4.69, 9.17) is 4.74 Å². The van der Waals surface area contributed by atoms with Crippen molar-refractivity contribution in [2.24, 2.45) is 0 Å². The molecule has 0 aromatic rings. The molecule has 1 rings (SSSR count). The monoisotopic (exact) mass is 430 g/mol. The Hall–Kier alpha value is -1.28. The number of thioether (sulfide) groups is 1. The van der Waals surface area contributed by atoms with Gasteiger partial charge in [-0.1, -0.05) is 39.0 Å². The van der Waals surface area contributed by atoms with Crippen LogP contribution in [0.3, 0.4) is 0 Å². The number of likely N-dealkylation sites (tertiary alicyclic amines) is 1. The molecule has 1 aliphatic rings. The fraction of sp³-hybridized carbons (Fsp3) is 0.857. The first-order valence-corrected chi connectivity index (χ1v) is 12.1. The predicted octanol–water partition coefficient (Wildman–Crippen LogP) is 3.07. The highest BCUT2D eigenvalue weighted by molar-refractivity contribution is 7.99. The molecule has 0 unspecified atom stereocenters. The molecule has 0 bridgehead atoms. The summed E-state index contributed by atoms with van der Waals surface area (Å²) in [6.07, 6.45) is 8.53. The van der Waals surface area contributed by atoms with Crippen LogP contribution in [0.2, 0.25) is 0 Å². The normalized spacial score (nSPS) is 18.4. The lowest BCUT2D eigenvalue weighted by Crippen LogP contribution is -2.54. The third-order valence-electron chi connectivity index (χ3n) is 5.14. The largest absolute Gasteiger partial charge is 0.480 e. The van der Waals surface area contributed by atoms with Crippen molar-refractivity contribution in [1.82, 2.24) is 10.2 Å². The van der Waals surface area contributed by atoms with E-state index >= 15 is 0 Å². The average molecular weight is 431 g/mol. The zero-order chi connectivity index (χ0) is 21.6. The van der Waals surface area contributed by atoms with Gasteiger partial charge in [0.05, 0.1) is 12.6 Å². The van der Waals surface area contributed by atoms with Crippen molar-refractivity contribution >= 4 is 29.6 Å². The van der Waals surface area contributed by atoms with E-state index < -0.39 is 24.1 Å². The number of carbonyl (C=O) groups excluding carboxylic acids is 2. The number of ether oxygens (including phenoxy) is 1. The lowest BCUT2D eigenvalue weighted by Gasteiger charge is -2.27. The van der Waals surface area contributed by atoms with Gasteiger partial charge in [-0.15, -0.1) is 0 Å². The van der Waals surface area contributed by atoms with Crippen molar-refractivity contribution in [2.75, 3.05) is 24.7 Å². The topological polar surface area (TPSA) is 95.9 Å². The molecule has 1 fully saturated rings. The Bertz CT molecular complexity index is 517. The maximum atomic E-state index is 12.7. The fourth-order valence-corrected chi connectivity index (χ4v) is 4.56. The number of aliphatic carboxylic acids is 1. The van der Waals surface area contributed by atoms with Gasteiger partial charge in [0.1, 0.15) is 12.1 Å². The van der Waals surface area contributed by atoms with Crippen molar-refractivity contribution in [3.63, 3.8) is 0 Å². The van der Waals surface area contributed by atoms with Crippen molar-refractivity contribution in [1.29, 1.82) is 0 Å². The van der Waals surface area contributed by atoms with Crippen LogP contribution in [-0.4, -0.2) is 70.6 Å². The summed E-state index contributed by atoms with van der Waals surface area (Å²) in [4.78, 5) is 37.8.